The molecule has 2 aliphatic rings. The quantitative estimate of drug-likeness (QED) is 0.549. The van der Waals surface area contributed by atoms with Crippen LogP contribution in [-0.4, -0.2) is 4.98 Å². The molecule has 0 N–H and O–H groups in total. The van der Waals surface area contributed by atoms with Crippen molar-refractivity contribution in [3.63, 3.8) is 0 Å². The predicted octanol–water partition coefficient (Wildman–Crippen LogP) is 4.91. The Kier molecular flexibility index (Phi) is 3.10. The van der Waals surface area contributed by atoms with Crippen molar-refractivity contribution in [2.75, 3.05) is 0 Å². The highest BCUT2D eigenvalue weighted by Crippen LogP contribution is 2.35. The van der Waals surface area contributed by atoms with Gasteiger partial charge >= 0.3 is 0 Å². The van der Waals surface area contributed by atoms with E-state index in [2.05, 4.69) is 4.98 Å². The first kappa shape index (κ1) is 13.0. The Bertz CT molecular complexity index is 843. The van der Waals surface area contributed by atoms with Crippen LogP contribution in [0.5, 0.6) is 0 Å². The molecule has 0 unspecified atom stereocenters. The van der Waals surface area contributed by atoms with Gasteiger partial charge in [0.2, 0.25) is 5.43 Å². The van der Waals surface area contributed by atoms with Crippen LogP contribution >= 0.6 is 46.4 Å². The minimum Gasteiger partial charge on any atom is -0.450 e. The van der Waals surface area contributed by atoms with E-state index in [1.54, 1.807) is 6.07 Å². The Labute approximate surface area is 127 Å². The number of hydrogen-bond acceptors (Lipinski definition) is 3. The predicted molar refractivity (Wildman–Crippen MR) is 76.9 cm³/mol. The first-order valence-corrected chi connectivity index (χ1v) is 6.56. The van der Waals surface area contributed by atoms with Crippen LogP contribution in [0.25, 0.3) is 22.6 Å². The average Bonchev–Trinajstić information content (AvgIpc) is 2.34. The van der Waals surface area contributed by atoms with Crippen molar-refractivity contribution in [2.24, 2.45) is 0 Å². The number of rotatable bonds is 0. The molecule has 1 heterocycles. The monoisotopic (exact) mass is 333 g/mol. The van der Waals surface area contributed by atoms with E-state index in [0.717, 1.165) is 0 Å². The second-order valence-electron chi connectivity index (χ2n) is 3.80. The van der Waals surface area contributed by atoms with Crippen LogP contribution in [0.3, 0.4) is 0 Å². The van der Waals surface area contributed by atoms with E-state index >= 15 is 0 Å². The van der Waals surface area contributed by atoms with E-state index in [1.807, 2.05) is 0 Å². The zero-order valence-electron chi connectivity index (χ0n) is 9.01. The van der Waals surface area contributed by atoms with Gasteiger partial charge in [0.1, 0.15) is 16.2 Å². The normalized spacial score (nSPS) is 11.4. The molecule has 1 aliphatic heterocycles. The van der Waals surface area contributed by atoms with Crippen LogP contribution in [0.4, 0.5) is 0 Å². The highest BCUT2D eigenvalue weighted by atomic mass is 35.5. The minimum absolute atomic E-state index is 0.0207. The molecule has 0 aromatic heterocycles. The van der Waals surface area contributed by atoms with Crippen molar-refractivity contribution in [3.8, 4) is 11.5 Å². The summed E-state index contributed by atoms with van der Waals surface area (Å²) >= 11 is 23.6. The summed E-state index contributed by atoms with van der Waals surface area (Å²) in [5.74, 6) is 0.146. The topological polar surface area (TPSA) is 43.1 Å². The molecule has 0 atom stereocenters. The maximum atomic E-state index is 11.7. The summed E-state index contributed by atoms with van der Waals surface area (Å²) in [5.41, 5.74) is 0.615. The molecular formula is C12H3Cl4NO2. The second-order valence-corrected chi connectivity index (χ2v) is 5.43. The van der Waals surface area contributed by atoms with Crippen molar-refractivity contribution in [1.29, 1.82) is 0 Å². The summed E-state index contributed by atoms with van der Waals surface area (Å²) < 4.78 is 5.55. The van der Waals surface area contributed by atoms with Gasteiger partial charge in [0.05, 0.1) is 10.0 Å². The summed E-state index contributed by atoms with van der Waals surface area (Å²) in [7, 11) is 0. The van der Waals surface area contributed by atoms with Crippen LogP contribution in [0, 0.1) is 0 Å². The van der Waals surface area contributed by atoms with Crippen molar-refractivity contribution < 1.29 is 4.42 Å². The number of nitrogens with zero attached hydrogens (tertiary/aromatic N) is 1. The number of hydrogen-bond donors (Lipinski definition) is 0. The number of aromatic nitrogens is 1. The molecule has 3 nitrogen and oxygen atoms in total. The summed E-state index contributed by atoms with van der Waals surface area (Å²) in [6.07, 6.45) is 0. The first-order chi connectivity index (χ1) is 8.97. The molecule has 0 bridgehead atoms. The lowest BCUT2D eigenvalue weighted by atomic mass is 10.2. The largest absolute Gasteiger partial charge is 0.450 e. The van der Waals surface area contributed by atoms with Crippen LogP contribution in [0.2, 0.25) is 20.1 Å². The summed E-state index contributed by atoms with van der Waals surface area (Å²) in [6, 6.07) is 4.51. The van der Waals surface area contributed by atoms with Gasteiger partial charge in [0.15, 0.2) is 11.3 Å². The Hall–Kier alpha value is -1.00. The Morgan fingerprint density at radius 2 is 1.74 bits per heavy atom. The maximum absolute atomic E-state index is 11.7. The van der Waals surface area contributed by atoms with Crippen LogP contribution < -0.4 is 5.43 Å². The van der Waals surface area contributed by atoms with Crippen molar-refractivity contribution in [1.82, 2.24) is 4.98 Å². The van der Waals surface area contributed by atoms with Crippen LogP contribution in [-0.2, 0) is 0 Å². The van der Waals surface area contributed by atoms with Gasteiger partial charge in [-0.2, -0.15) is 0 Å². The molecule has 0 fully saturated rings. The van der Waals surface area contributed by atoms with Gasteiger partial charge in [-0.15, -0.1) is 0 Å². The van der Waals surface area contributed by atoms with Gasteiger partial charge in [-0.3, -0.25) is 4.79 Å². The molecule has 0 saturated heterocycles. The molecule has 1 aromatic carbocycles. The maximum Gasteiger partial charge on any atom is 0.219 e. The lowest BCUT2D eigenvalue weighted by Crippen LogP contribution is -2.05. The molecule has 7 heteroatoms. The fraction of sp³-hybridized carbons (Fsp3) is 0. The second kappa shape index (κ2) is 4.53. The van der Waals surface area contributed by atoms with E-state index in [-0.39, 0.29) is 20.8 Å². The molecule has 1 aromatic rings. The van der Waals surface area contributed by atoms with Gasteiger partial charge in [0, 0.05) is 5.02 Å². The first-order valence-electron chi connectivity index (χ1n) is 5.05. The number of benzene rings is 2. The standard InChI is InChI=1S/C12H3Cl4NO2/c13-4-1-6(15)11-7(2-4)17-8-3-5(14)10(18)9(16)12(8)19-11/h1-3H. The van der Waals surface area contributed by atoms with Gasteiger partial charge in [-0.25, -0.2) is 4.98 Å². The van der Waals surface area contributed by atoms with Crippen LogP contribution in [0.15, 0.2) is 27.4 Å². The van der Waals surface area contributed by atoms with Crippen LogP contribution in [0.1, 0.15) is 0 Å². The van der Waals surface area contributed by atoms with E-state index in [9.17, 15) is 4.79 Å². The van der Waals surface area contributed by atoms with E-state index in [0.29, 0.717) is 21.8 Å². The van der Waals surface area contributed by atoms with E-state index in [1.165, 1.54) is 12.1 Å². The molecule has 0 saturated carbocycles. The van der Waals surface area contributed by atoms with Crippen molar-refractivity contribution in [3.05, 3.63) is 48.5 Å². The fourth-order valence-corrected chi connectivity index (χ4v) is 2.72. The molecule has 19 heavy (non-hydrogen) atoms. The average molecular weight is 335 g/mol. The Morgan fingerprint density at radius 1 is 1.00 bits per heavy atom. The van der Waals surface area contributed by atoms with Crippen molar-refractivity contribution in [2.45, 2.75) is 0 Å². The third kappa shape index (κ3) is 2.07. The molecule has 0 radical (unpaired) electrons. The Morgan fingerprint density at radius 3 is 2.47 bits per heavy atom. The highest BCUT2D eigenvalue weighted by Gasteiger charge is 2.19. The highest BCUT2D eigenvalue weighted by molar-refractivity contribution is 6.38. The minimum atomic E-state index is -0.509. The third-order valence-corrected chi connectivity index (χ3v) is 3.67. The zero-order valence-corrected chi connectivity index (χ0v) is 12.0. The summed E-state index contributed by atoms with van der Waals surface area (Å²) in [6.45, 7) is 0. The third-order valence-electron chi connectivity index (χ3n) is 2.55. The SMILES string of the molecule is O=c1c(Cl)cc2nc3cc(Cl)cc(Cl)c3oc-2c1Cl. The molecule has 0 spiro atoms. The molecular weight excluding hydrogens is 332 g/mol. The zero-order chi connectivity index (χ0) is 13.7. The number of fused-ring (bicyclic) bond motifs is 2. The lowest BCUT2D eigenvalue weighted by Gasteiger charge is -2.09. The summed E-state index contributed by atoms with van der Waals surface area (Å²) in [5, 5.41) is 0.572. The van der Waals surface area contributed by atoms with Gasteiger partial charge in [-0.05, 0) is 18.2 Å². The molecule has 0 amide bonds. The van der Waals surface area contributed by atoms with Crippen molar-refractivity contribution >= 4 is 57.5 Å². The lowest BCUT2D eigenvalue weighted by molar-refractivity contribution is 0.613. The molecule has 1 aliphatic carbocycles. The molecule has 96 valence electrons. The van der Waals surface area contributed by atoms with E-state index in [4.69, 9.17) is 50.8 Å². The van der Waals surface area contributed by atoms with Gasteiger partial charge in [-0.1, -0.05) is 46.4 Å². The Balaban J connectivity index is 2.53. The fourth-order valence-electron chi connectivity index (χ4n) is 1.71. The number of halogens is 4. The van der Waals surface area contributed by atoms with Gasteiger partial charge in [0.25, 0.3) is 0 Å². The summed E-state index contributed by atoms with van der Waals surface area (Å²) in [4.78, 5) is 15.9. The smallest absolute Gasteiger partial charge is 0.219 e. The molecule has 3 rings (SSSR count). The van der Waals surface area contributed by atoms with E-state index < -0.39 is 5.43 Å². The van der Waals surface area contributed by atoms with Gasteiger partial charge < -0.3 is 4.42 Å².